The summed E-state index contributed by atoms with van der Waals surface area (Å²) < 4.78 is 91.7. The molecule has 0 bridgehead atoms. The lowest BCUT2D eigenvalue weighted by molar-refractivity contribution is 0.315. The molecule has 2 aliphatic heterocycles. The molecule has 0 unspecified atom stereocenters. The van der Waals surface area contributed by atoms with Gasteiger partial charge in [-0.3, -0.25) is 4.68 Å². The molecule has 6 heteroatoms. The van der Waals surface area contributed by atoms with Gasteiger partial charge in [-0.25, -0.2) is 9.97 Å². The summed E-state index contributed by atoms with van der Waals surface area (Å²) in [4.78, 5) is 10.2. The average Bonchev–Trinajstić information content (AvgIpc) is 3.39. The van der Waals surface area contributed by atoms with Gasteiger partial charge < -0.3 is 4.98 Å². The van der Waals surface area contributed by atoms with Crippen LogP contribution in [-0.4, -0.2) is 24.7 Å². The second-order valence-corrected chi connectivity index (χ2v) is 4.76. The maximum absolute atomic E-state index is 9.54. The number of H-pyrrole nitrogens is 1. The lowest BCUT2D eigenvalue weighted by atomic mass is 9.96. The number of nitriles is 1. The molecule has 23 heavy (non-hydrogen) atoms. The molecule has 0 aromatic carbocycles. The van der Waals surface area contributed by atoms with Gasteiger partial charge in [0.25, 0.3) is 0 Å². The van der Waals surface area contributed by atoms with E-state index in [0.717, 1.165) is 12.4 Å². The number of nitrogens with zero attached hydrogens (tertiary/aromatic N) is 5. The monoisotopic (exact) mass is 317 g/mol. The van der Waals surface area contributed by atoms with Crippen LogP contribution in [0.3, 0.4) is 0 Å². The van der Waals surface area contributed by atoms with E-state index in [1.54, 1.807) is 0 Å². The highest BCUT2D eigenvalue weighted by molar-refractivity contribution is 5.77. The molecule has 116 valence electrons. The molecule has 1 saturated carbocycles. The Morgan fingerprint density at radius 2 is 2.48 bits per heavy atom. The third kappa shape index (κ3) is 2.48. The second kappa shape index (κ2) is 5.84. The predicted molar refractivity (Wildman–Crippen MR) is 85.5 cm³/mol. The Balaban J connectivity index is 1.99. The first-order chi connectivity index (χ1) is 15.5. The largest absolute Gasteiger partial charge is 0.345 e. The van der Waals surface area contributed by atoms with Crippen molar-refractivity contribution >= 4 is 0 Å². The van der Waals surface area contributed by atoms with Crippen molar-refractivity contribution in [1.29, 1.82) is 5.26 Å². The Morgan fingerprint density at radius 1 is 1.61 bits per heavy atom. The van der Waals surface area contributed by atoms with Crippen molar-refractivity contribution in [2.75, 3.05) is 0 Å². The normalized spacial score (nSPS) is 31.3. The Hall–Kier alpha value is -2.68. The van der Waals surface area contributed by atoms with Crippen molar-refractivity contribution < 1.29 is 15.1 Å². The zero-order valence-corrected chi connectivity index (χ0v) is 11.8. The number of rotatable bonds is 4. The van der Waals surface area contributed by atoms with Crippen LogP contribution in [0.1, 0.15) is 53.1 Å². The van der Waals surface area contributed by atoms with Gasteiger partial charge in [0.15, 0.2) is 5.82 Å². The van der Waals surface area contributed by atoms with Crippen LogP contribution in [0.5, 0.6) is 0 Å². The Morgan fingerprint density at radius 3 is 3.30 bits per heavy atom. The van der Waals surface area contributed by atoms with Crippen LogP contribution in [0.4, 0.5) is 0 Å². The van der Waals surface area contributed by atoms with E-state index in [1.165, 1.54) is 6.07 Å². The smallest absolute Gasteiger partial charge is 0.162 e. The Labute approximate surface area is 150 Å². The van der Waals surface area contributed by atoms with E-state index in [9.17, 15) is 5.26 Å². The maximum atomic E-state index is 9.54. The van der Waals surface area contributed by atoms with Crippen LogP contribution < -0.4 is 0 Å². The fourth-order valence-corrected chi connectivity index (χ4v) is 2.39. The first-order valence-corrected chi connectivity index (χ1v) is 6.84. The molecular weight excluding hydrogens is 288 g/mol. The van der Waals surface area contributed by atoms with Gasteiger partial charge in [0.1, 0.15) is 1.37 Å². The van der Waals surface area contributed by atoms with Crippen LogP contribution >= 0.6 is 0 Å². The SMILES string of the molecule is [2H]c1nc2nc([2H])c([2H])c-2c(-c2cnn([C@@]([2H])(C([2H])([2H])C#N)C3([2H])C([2H])([2H])CCC3([2H])[2H])c2)[nH]1. The molecule has 1 atom stereocenters. The summed E-state index contributed by atoms with van der Waals surface area (Å²) in [6.07, 6.45) is -8.25. The van der Waals surface area contributed by atoms with E-state index in [0.29, 0.717) is 4.68 Å². The highest BCUT2D eigenvalue weighted by Crippen LogP contribution is 2.37. The predicted octanol–water partition coefficient (Wildman–Crippen LogP) is 3.42. The van der Waals surface area contributed by atoms with Crippen molar-refractivity contribution in [3.63, 3.8) is 0 Å². The lowest BCUT2D eigenvalue weighted by Gasteiger charge is -2.21. The Kier molecular flexibility index (Phi) is 1.64. The van der Waals surface area contributed by atoms with Gasteiger partial charge in [0.05, 0.1) is 40.8 Å². The number of hydrogen-bond donors (Lipinski definition) is 1. The molecule has 1 aromatic heterocycles. The maximum Gasteiger partial charge on any atom is 0.162 e. The van der Waals surface area contributed by atoms with Gasteiger partial charge in [-0.2, -0.15) is 10.4 Å². The summed E-state index contributed by atoms with van der Waals surface area (Å²) in [6, 6.07) is -2.23. The van der Waals surface area contributed by atoms with Crippen molar-refractivity contribution in [2.45, 2.75) is 38.0 Å². The number of hydrogen-bond acceptors (Lipinski definition) is 4. The highest BCUT2D eigenvalue weighted by atomic mass is 15.3. The molecule has 4 rings (SSSR count). The standard InChI is InChI=1S/C17H18N6/c18-7-5-15(12-3-1-2-4-12)23-10-13(9-22-23)16-14-6-8-19-17(14)21-11-20-16/h6,8-12,15H,1-5H2,(H,19,20,21)/t15-/m0/s1/i3D2,4D2,5D2,6D,8D,11D,12D,15D. The van der Waals surface area contributed by atoms with Crippen molar-refractivity contribution in [2.24, 2.45) is 5.89 Å². The minimum absolute atomic E-state index is 0.0357. The summed E-state index contributed by atoms with van der Waals surface area (Å²) >= 11 is 0. The second-order valence-electron chi connectivity index (χ2n) is 4.76. The molecule has 0 amide bonds. The van der Waals surface area contributed by atoms with Crippen molar-refractivity contribution in [3.05, 3.63) is 30.9 Å². The topological polar surface area (TPSA) is 83.2 Å². The summed E-state index contributed by atoms with van der Waals surface area (Å²) in [6.45, 7) is 0. The van der Waals surface area contributed by atoms with E-state index < -0.39 is 50.0 Å². The molecule has 1 fully saturated rings. The summed E-state index contributed by atoms with van der Waals surface area (Å²) in [5.41, 5.74) is 0.134. The average molecular weight is 317 g/mol. The zero-order chi connectivity index (χ0) is 25.5. The molecule has 3 heterocycles. The molecule has 1 N–H and O–H groups in total. The van der Waals surface area contributed by atoms with Crippen LogP contribution in [0.25, 0.3) is 22.6 Å². The van der Waals surface area contributed by atoms with E-state index in [4.69, 9.17) is 15.1 Å². The molecule has 1 aromatic rings. The number of nitrogens with one attached hydrogen (secondary N) is 1. The molecule has 1 aliphatic carbocycles. The van der Waals surface area contributed by atoms with Gasteiger partial charge in [-0.15, -0.1) is 0 Å². The summed E-state index contributed by atoms with van der Waals surface area (Å²) in [5.74, 6) is -3.17. The summed E-state index contributed by atoms with van der Waals surface area (Å²) in [7, 11) is 0. The van der Waals surface area contributed by atoms with Crippen LogP contribution in [-0.2, 0) is 0 Å². The van der Waals surface area contributed by atoms with Crippen molar-refractivity contribution in [1.82, 2.24) is 24.7 Å². The van der Waals surface area contributed by atoms with Gasteiger partial charge in [-0.05, 0) is 24.7 Å². The van der Waals surface area contributed by atoms with Gasteiger partial charge >= 0.3 is 0 Å². The third-order valence-corrected chi connectivity index (χ3v) is 3.40. The first kappa shape index (κ1) is 6.44. The number of aromatic nitrogens is 5. The minimum atomic E-state index is -3.27. The summed E-state index contributed by atoms with van der Waals surface area (Å²) in [5, 5.41) is 13.5. The van der Waals surface area contributed by atoms with E-state index >= 15 is 0 Å². The third-order valence-electron chi connectivity index (χ3n) is 3.40. The fraction of sp³-hybridized carbons (Fsp3) is 0.412. The first-order valence-electron chi connectivity index (χ1n) is 12.3. The fourth-order valence-electron chi connectivity index (χ4n) is 2.39. The number of fused-ring (bicyclic) bond motifs is 1. The van der Waals surface area contributed by atoms with E-state index in [1.807, 2.05) is 0 Å². The molecule has 0 spiro atoms. The Bertz CT molecular complexity index is 1280. The molecular formula is C17H18N6. The molecule has 3 aliphatic rings. The van der Waals surface area contributed by atoms with Gasteiger partial charge in [0.2, 0.25) is 0 Å². The van der Waals surface area contributed by atoms with Gasteiger partial charge in [0, 0.05) is 33.1 Å². The van der Waals surface area contributed by atoms with E-state index in [2.05, 4.69) is 20.1 Å². The van der Waals surface area contributed by atoms with Crippen LogP contribution in [0.2, 0.25) is 0 Å². The molecule has 0 radical (unpaired) electrons. The van der Waals surface area contributed by atoms with Crippen LogP contribution in [0.15, 0.2) is 30.9 Å². The number of aromatic amines is 1. The van der Waals surface area contributed by atoms with Crippen molar-refractivity contribution in [3.8, 4) is 28.7 Å². The highest BCUT2D eigenvalue weighted by Gasteiger charge is 2.27. The lowest BCUT2D eigenvalue weighted by Crippen LogP contribution is -2.17. The van der Waals surface area contributed by atoms with Gasteiger partial charge in [-0.1, -0.05) is 12.8 Å². The quantitative estimate of drug-likeness (QED) is 0.799. The molecule has 6 nitrogen and oxygen atoms in total. The molecule has 0 saturated heterocycles. The zero-order valence-electron chi connectivity index (χ0n) is 22.8. The van der Waals surface area contributed by atoms with Crippen LogP contribution in [0, 0.1) is 17.2 Å². The minimum Gasteiger partial charge on any atom is -0.345 e. The van der Waals surface area contributed by atoms with E-state index in [-0.39, 0.29) is 35.0 Å².